The van der Waals surface area contributed by atoms with Crippen LogP contribution < -0.4 is 0 Å². The average Bonchev–Trinajstić information content (AvgIpc) is 2.86. The Bertz CT molecular complexity index is 468. The fraction of sp³-hybridized carbons (Fsp3) is 0.500. The highest BCUT2D eigenvalue weighted by Crippen LogP contribution is 2.18. The highest BCUT2D eigenvalue weighted by atomic mass is 32.1. The van der Waals surface area contributed by atoms with Crippen molar-refractivity contribution in [3.05, 3.63) is 21.9 Å². The molecule has 0 saturated heterocycles. The standard InChI is InChI=1S/C14H18N2O2S/c1-18-10-8-16(7-3-6-15)12-14-13(4-2-9-17)5-11-19-14/h5,11,17H,3,7-10,12H2,1H3. The summed E-state index contributed by atoms with van der Waals surface area (Å²) in [6, 6.07) is 4.12. The zero-order valence-electron chi connectivity index (χ0n) is 11.1. The van der Waals surface area contributed by atoms with E-state index in [1.54, 1.807) is 18.4 Å². The first-order valence-electron chi connectivity index (χ1n) is 6.06. The minimum Gasteiger partial charge on any atom is -0.384 e. The van der Waals surface area contributed by atoms with Gasteiger partial charge in [0.15, 0.2) is 0 Å². The monoisotopic (exact) mass is 278 g/mol. The Morgan fingerprint density at radius 1 is 1.47 bits per heavy atom. The van der Waals surface area contributed by atoms with Gasteiger partial charge in [0.2, 0.25) is 0 Å². The molecule has 0 aliphatic carbocycles. The van der Waals surface area contributed by atoms with Crippen LogP contribution in [0.1, 0.15) is 16.9 Å². The van der Waals surface area contributed by atoms with Crippen molar-refractivity contribution in [2.24, 2.45) is 0 Å². The third kappa shape index (κ3) is 5.87. The third-order valence-corrected chi connectivity index (χ3v) is 3.47. The molecule has 1 aromatic heterocycles. The van der Waals surface area contributed by atoms with E-state index in [0.29, 0.717) is 13.0 Å². The maximum absolute atomic E-state index is 8.74. The molecule has 1 N–H and O–H groups in total. The molecule has 1 aromatic rings. The van der Waals surface area contributed by atoms with Gasteiger partial charge >= 0.3 is 0 Å². The maximum Gasteiger partial charge on any atom is 0.104 e. The summed E-state index contributed by atoms with van der Waals surface area (Å²) in [5.74, 6) is 5.62. The number of ether oxygens (including phenoxy) is 1. The van der Waals surface area contributed by atoms with E-state index in [1.165, 1.54) is 0 Å². The van der Waals surface area contributed by atoms with Crippen molar-refractivity contribution in [1.29, 1.82) is 5.26 Å². The first kappa shape index (κ1) is 15.7. The van der Waals surface area contributed by atoms with Crippen molar-refractivity contribution < 1.29 is 9.84 Å². The van der Waals surface area contributed by atoms with Crippen molar-refractivity contribution in [3.8, 4) is 17.9 Å². The van der Waals surface area contributed by atoms with Crippen molar-refractivity contribution >= 4 is 11.3 Å². The summed E-state index contributed by atoms with van der Waals surface area (Å²) in [4.78, 5) is 3.35. The van der Waals surface area contributed by atoms with Gasteiger partial charge in [-0.1, -0.05) is 11.8 Å². The molecule has 0 fully saturated rings. The Morgan fingerprint density at radius 3 is 3.00 bits per heavy atom. The third-order valence-electron chi connectivity index (χ3n) is 2.57. The van der Waals surface area contributed by atoms with E-state index in [4.69, 9.17) is 15.1 Å². The van der Waals surface area contributed by atoms with E-state index < -0.39 is 0 Å². The van der Waals surface area contributed by atoms with Crippen molar-refractivity contribution in [3.63, 3.8) is 0 Å². The quantitative estimate of drug-likeness (QED) is 0.767. The number of hydrogen-bond acceptors (Lipinski definition) is 5. The van der Waals surface area contributed by atoms with Crippen LogP contribution in [0.5, 0.6) is 0 Å². The summed E-state index contributed by atoms with van der Waals surface area (Å²) < 4.78 is 5.08. The molecule has 0 amide bonds. The van der Waals surface area contributed by atoms with Crippen LogP contribution in [0.15, 0.2) is 11.4 Å². The van der Waals surface area contributed by atoms with Gasteiger partial charge in [-0.05, 0) is 11.4 Å². The highest BCUT2D eigenvalue weighted by molar-refractivity contribution is 7.10. The molecule has 4 nitrogen and oxygen atoms in total. The van der Waals surface area contributed by atoms with Crippen molar-refractivity contribution in [1.82, 2.24) is 4.90 Å². The second-order valence-corrected chi connectivity index (χ2v) is 4.90. The molecule has 0 saturated carbocycles. The van der Waals surface area contributed by atoms with Crippen LogP contribution in [-0.4, -0.2) is 43.4 Å². The molecule has 0 bridgehead atoms. The molecule has 19 heavy (non-hydrogen) atoms. The van der Waals surface area contributed by atoms with Gasteiger partial charge in [-0.2, -0.15) is 5.26 Å². The van der Waals surface area contributed by atoms with Gasteiger partial charge in [0.25, 0.3) is 0 Å². The van der Waals surface area contributed by atoms with Crippen LogP contribution in [0.2, 0.25) is 0 Å². The number of rotatable bonds is 7. The Hall–Kier alpha value is -1.37. The lowest BCUT2D eigenvalue weighted by molar-refractivity contribution is 0.146. The smallest absolute Gasteiger partial charge is 0.104 e. The van der Waals surface area contributed by atoms with E-state index in [0.717, 1.165) is 30.1 Å². The number of nitrogens with zero attached hydrogens (tertiary/aromatic N) is 2. The van der Waals surface area contributed by atoms with Crippen LogP contribution >= 0.6 is 11.3 Å². The second kappa shape index (κ2) is 9.55. The molecule has 5 heteroatoms. The topological polar surface area (TPSA) is 56.5 Å². The summed E-state index contributed by atoms with van der Waals surface area (Å²) in [5, 5.41) is 19.4. The van der Waals surface area contributed by atoms with Crippen LogP contribution in [0.4, 0.5) is 0 Å². The molecule has 0 aliphatic rings. The summed E-state index contributed by atoms with van der Waals surface area (Å²) in [5.41, 5.74) is 0.957. The highest BCUT2D eigenvalue weighted by Gasteiger charge is 2.09. The summed E-state index contributed by atoms with van der Waals surface area (Å²) in [7, 11) is 1.67. The van der Waals surface area contributed by atoms with Gasteiger partial charge in [-0.25, -0.2) is 0 Å². The van der Waals surface area contributed by atoms with Gasteiger partial charge < -0.3 is 9.84 Å². The fourth-order valence-corrected chi connectivity index (χ4v) is 2.48. The Morgan fingerprint density at radius 2 is 2.32 bits per heavy atom. The lowest BCUT2D eigenvalue weighted by Gasteiger charge is -2.20. The number of aliphatic hydroxyl groups is 1. The lowest BCUT2D eigenvalue weighted by atomic mass is 10.2. The Kier molecular flexibility index (Phi) is 7.88. The van der Waals surface area contributed by atoms with Crippen LogP contribution in [0.3, 0.4) is 0 Å². The molecule has 0 aromatic carbocycles. The minimum atomic E-state index is -0.128. The predicted octanol–water partition coefficient (Wildman–Crippen LogP) is 1.45. The Balaban J connectivity index is 2.66. The minimum absolute atomic E-state index is 0.128. The largest absolute Gasteiger partial charge is 0.384 e. The molecule has 0 radical (unpaired) electrons. The van der Waals surface area contributed by atoms with Crippen molar-refractivity contribution in [2.75, 3.05) is 33.4 Å². The van der Waals surface area contributed by atoms with E-state index in [2.05, 4.69) is 22.8 Å². The molecule has 0 aliphatic heterocycles. The number of hydrogen-bond donors (Lipinski definition) is 1. The average molecular weight is 278 g/mol. The van der Waals surface area contributed by atoms with E-state index in [-0.39, 0.29) is 6.61 Å². The normalized spacial score (nSPS) is 10.0. The van der Waals surface area contributed by atoms with E-state index in [9.17, 15) is 0 Å². The van der Waals surface area contributed by atoms with Gasteiger partial charge in [0.1, 0.15) is 6.61 Å². The fourth-order valence-electron chi connectivity index (χ4n) is 1.61. The zero-order valence-corrected chi connectivity index (χ0v) is 11.9. The van der Waals surface area contributed by atoms with Crippen LogP contribution in [-0.2, 0) is 11.3 Å². The zero-order chi connectivity index (χ0) is 13.9. The van der Waals surface area contributed by atoms with Gasteiger partial charge in [-0.3, -0.25) is 4.90 Å². The SMILES string of the molecule is COCCN(CCC#N)Cc1sccc1C#CCO. The van der Waals surface area contributed by atoms with Crippen molar-refractivity contribution in [2.45, 2.75) is 13.0 Å². The number of aliphatic hydroxyl groups excluding tert-OH is 1. The van der Waals surface area contributed by atoms with Crippen LogP contribution in [0, 0.1) is 23.2 Å². The lowest BCUT2D eigenvalue weighted by Crippen LogP contribution is -2.27. The van der Waals surface area contributed by atoms with Gasteiger partial charge in [0.05, 0.1) is 12.7 Å². The summed E-state index contributed by atoms with van der Waals surface area (Å²) >= 11 is 1.65. The molecule has 0 atom stereocenters. The molecule has 1 rings (SSSR count). The predicted molar refractivity (Wildman–Crippen MR) is 75.7 cm³/mol. The van der Waals surface area contributed by atoms with Crippen LogP contribution in [0.25, 0.3) is 0 Å². The first-order valence-corrected chi connectivity index (χ1v) is 6.94. The molecule has 0 unspecified atom stereocenters. The van der Waals surface area contributed by atoms with Gasteiger partial charge in [-0.15, -0.1) is 11.3 Å². The first-order chi connectivity index (χ1) is 9.31. The Labute approximate surface area is 118 Å². The number of thiophene rings is 1. The number of nitriles is 1. The van der Waals surface area contributed by atoms with Gasteiger partial charge in [0, 0.05) is 43.6 Å². The van der Waals surface area contributed by atoms with E-state index in [1.807, 2.05) is 11.4 Å². The second-order valence-electron chi connectivity index (χ2n) is 3.89. The summed E-state index contributed by atoms with van der Waals surface area (Å²) in [6.07, 6.45) is 0.507. The molecule has 102 valence electrons. The van der Waals surface area contributed by atoms with E-state index >= 15 is 0 Å². The molecule has 1 heterocycles. The maximum atomic E-state index is 8.74. The molecular formula is C14H18N2O2S. The number of methoxy groups -OCH3 is 1. The molecular weight excluding hydrogens is 260 g/mol. The summed E-state index contributed by atoms with van der Waals surface area (Å²) in [6.45, 7) is 2.80. The molecule has 0 spiro atoms.